The second kappa shape index (κ2) is 4.62. The molecule has 0 amide bonds. The van der Waals surface area contributed by atoms with Crippen molar-refractivity contribution in [2.75, 3.05) is 0 Å². The predicted molar refractivity (Wildman–Crippen MR) is 74.8 cm³/mol. The van der Waals surface area contributed by atoms with Crippen molar-refractivity contribution in [3.05, 3.63) is 64.4 Å². The number of H-pyrrole nitrogens is 1. The van der Waals surface area contributed by atoms with Crippen LogP contribution in [0.2, 0.25) is 0 Å². The van der Waals surface area contributed by atoms with E-state index >= 15 is 0 Å². The van der Waals surface area contributed by atoms with Gasteiger partial charge in [-0.1, -0.05) is 6.07 Å². The fourth-order valence-electron chi connectivity index (χ4n) is 2.04. The van der Waals surface area contributed by atoms with Crippen LogP contribution in [-0.4, -0.2) is 21.0 Å². The number of nitrogens with one attached hydrogen (secondary N) is 1. The Morgan fingerprint density at radius 1 is 1.15 bits per heavy atom. The summed E-state index contributed by atoms with van der Waals surface area (Å²) in [7, 11) is 0. The number of aromatic carboxylic acids is 1. The van der Waals surface area contributed by atoms with Crippen LogP contribution in [0.3, 0.4) is 0 Å². The summed E-state index contributed by atoms with van der Waals surface area (Å²) in [5.41, 5.74) is 1.71. The fourth-order valence-corrected chi connectivity index (χ4v) is 2.04. The molecule has 0 fully saturated rings. The lowest BCUT2D eigenvalue weighted by Gasteiger charge is -2.04. The van der Waals surface area contributed by atoms with Gasteiger partial charge in [0.1, 0.15) is 0 Å². The molecule has 3 rings (SSSR count). The van der Waals surface area contributed by atoms with Gasteiger partial charge in [0, 0.05) is 23.2 Å². The monoisotopic (exact) mass is 266 g/mol. The normalized spacial score (nSPS) is 10.6. The van der Waals surface area contributed by atoms with E-state index in [-0.39, 0.29) is 11.0 Å². The summed E-state index contributed by atoms with van der Waals surface area (Å²) in [6.07, 6.45) is 1.64. The number of aromatic amines is 1. The molecule has 0 unspecified atom stereocenters. The van der Waals surface area contributed by atoms with Crippen LogP contribution in [0.25, 0.3) is 22.3 Å². The van der Waals surface area contributed by atoms with Crippen LogP contribution in [0.15, 0.2) is 53.5 Å². The molecule has 0 bridgehead atoms. The van der Waals surface area contributed by atoms with Crippen LogP contribution in [0, 0.1) is 0 Å². The van der Waals surface area contributed by atoms with Gasteiger partial charge in [-0.05, 0) is 30.3 Å². The summed E-state index contributed by atoms with van der Waals surface area (Å²) in [4.78, 5) is 30.3. The molecule has 20 heavy (non-hydrogen) atoms. The highest BCUT2D eigenvalue weighted by molar-refractivity contribution is 5.93. The Labute approximate surface area is 113 Å². The third kappa shape index (κ3) is 2.05. The molecule has 0 aliphatic heterocycles. The van der Waals surface area contributed by atoms with E-state index in [1.165, 1.54) is 18.2 Å². The summed E-state index contributed by atoms with van der Waals surface area (Å²) in [5.74, 6) is -1.06. The Morgan fingerprint density at radius 2 is 2.00 bits per heavy atom. The first-order valence-corrected chi connectivity index (χ1v) is 5.97. The minimum absolute atomic E-state index is 0.0913. The molecule has 0 spiro atoms. The number of carboxylic acid groups (broad SMARTS) is 1. The van der Waals surface area contributed by atoms with Crippen LogP contribution in [0.4, 0.5) is 0 Å². The van der Waals surface area contributed by atoms with Gasteiger partial charge in [-0.25, -0.2) is 4.79 Å². The molecule has 0 saturated heterocycles. The average molecular weight is 266 g/mol. The second-order valence-corrected chi connectivity index (χ2v) is 4.33. The Morgan fingerprint density at radius 3 is 2.70 bits per heavy atom. The first kappa shape index (κ1) is 12.1. The molecule has 0 aliphatic carbocycles. The number of carbonyl (C=O) groups is 1. The number of benzene rings is 1. The van der Waals surface area contributed by atoms with Crippen LogP contribution in [0.5, 0.6) is 0 Å². The van der Waals surface area contributed by atoms with Crippen molar-refractivity contribution in [2.45, 2.75) is 0 Å². The highest BCUT2D eigenvalue weighted by atomic mass is 16.4. The molecule has 0 saturated carbocycles. The number of aromatic nitrogens is 2. The molecule has 2 N–H and O–H groups in total. The van der Waals surface area contributed by atoms with E-state index in [1.807, 2.05) is 6.07 Å². The summed E-state index contributed by atoms with van der Waals surface area (Å²) < 4.78 is 0. The number of nitrogens with zero attached hydrogens (tertiary/aromatic N) is 1. The standard InChI is InChI=1S/C15H10N2O3/c18-14-8-13(12-3-1-2-6-16-12)17-11-5-4-9(15(19)20)7-10(11)14/h1-8H,(H,17,18)(H,19,20). The van der Waals surface area contributed by atoms with E-state index in [2.05, 4.69) is 9.97 Å². The zero-order valence-corrected chi connectivity index (χ0v) is 10.3. The van der Waals surface area contributed by atoms with Crippen molar-refractivity contribution >= 4 is 16.9 Å². The Hall–Kier alpha value is -2.95. The van der Waals surface area contributed by atoms with Gasteiger partial charge in [-0.2, -0.15) is 0 Å². The lowest BCUT2D eigenvalue weighted by molar-refractivity contribution is 0.0697. The van der Waals surface area contributed by atoms with Crippen molar-refractivity contribution in [3.63, 3.8) is 0 Å². The van der Waals surface area contributed by atoms with E-state index in [0.717, 1.165) is 0 Å². The number of hydrogen-bond donors (Lipinski definition) is 2. The van der Waals surface area contributed by atoms with Crippen LogP contribution < -0.4 is 5.43 Å². The molecular formula is C15H10N2O3. The number of pyridine rings is 2. The van der Waals surface area contributed by atoms with E-state index in [9.17, 15) is 9.59 Å². The molecule has 5 nitrogen and oxygen atoms in total. The van der Waals surface area contributed by atoms with Gasteiger partial charge in [0.05, 0.1) is 17.0 Å². The van der Waals surface area contributed by atoms with E-state index < -0.39 is 5.97 Å². The molecule has 3 aromatic rings. The summed E-state index contributed by atoms with van der Waals surface area (Å²) in [6.45, 7) is 0. The average Bonchev–Trinajstić information content (AvgIpc) is 2.47. The van der Waals surface area contributed by atoms with Crippen LogP contribution >= 0.6 is 0 Å². The van der Waals surface area contributed by atoms with E-state index in [1.54, 1.807) is 24.4 Å². The van der Waals surface area contributed by atoms with Gasteiger partial charge in [-0.15, -0.1) is 0 Å². The Balaban J connectivity index is 2.24. The van der Waals surface area contributed by atoms with E-state index in [4.69, 9.17) is 5.11 Å². The molecular weight excluding hydrogens is 256 g/mol. The van der Waals surface area contributed by atoms with Crippen molar-refractivity contribution in [2.24, 2.45) is 0 Å². The van der Waals surface area contributed by atoms with Gasteiger partial charge < -0.3 is 10.1 Å². The zero-order valence-electron chi connectivity index (χ0n) is 10.3. The predicted octanol–water partition coefficient (Wildman–Crippen LogP) is 2.29. The fraction of sp³-hybridized carbons (Fsp3) is 0. The topological polar surface area (TPSA) is 83.0 Å². The quantitative estimate of drug-likeness (QED) is 0.745. The number of hydrogen-bond acceptors (Lipinski definition) is 3. The maximum absolute atomic E-state index is 12.1. The maximum Gasteiger partial charge on any atom is 0.335 e. The van der Waals surface area contributed by atoms with Gasteiger partial charge >= 0.3 is 5.97 Å². The van der Waals surface area contributed by atoms with Crippen molar-refractivity contribution in [1.82, 2.24) is 9.97 Å². The third-order valence-corrected chi connectivity index (χ3v) is 3.02. The SMILES string of the molecule is O=C(O)c1ccc2[nH]c(-c3ccccn3)cc(=O)c2c1. The molecule has 1 aromatic carbocycles. The minimum Gasteiger partial charge on any atom is -0.478 e. The minimum atomic E-state index is -1.06. The molecule has 0 radical (unpaired) electrons. The summed E-state index contributed by atoms with van der Waals surface area (Å²) >= 11 is 0. The van der Waals surface area contributed by atoms with Crippen molar-refractivity contribution in [3.8, 4) is 11.4 Å². The maximum atomic E-state index is 12.1. The van der Waals surface area contributed by atoms with Gasteiger partial charge in [0.15, 0.2) is 5.43 Å². The number of fused-ring (bicyclic) bond motifs is 1. The largest absolute Gasteiger partial charge is 0.478 e. The highest BCUT2D eigenvalue weighted by Gasteiger charge is 2.08. The molecule has 98 valence electrons. The number of rotatable bonds is 2. The molecule has 5 heteroatoms. The van der Waals surface area contributed by atoms with Gasteiger partial charge in [0.25, 0.3) is 0 Å². The van der Waals surface area contributed by atoms with Gasteiger partial charge in [0.2, 0.25) is 0 Å². The first-order valence-electron chi connectivity index (χ1n) is 5.97. The Kier molecular flexibility index (Phi) is 2.80. The van der Waals surface area contributed by atoms with E-state index in [0.29, 0.717) is 22.3 Å². The molecule has 2 aromatic heterocycles. The zero-order chi connectivity index (χ0) is 14.1. The second-order valence-electron chi connectivity index (χ2n) is 4.33. The molecule has 0 atom stereocenters. The smallest absolute Gasteiger partial charge is 0.335 e. The first-order chi connectivity index (χ1) is 9.65. The van der Waals surface area contributed by atoms with Crippen LogP contribution in [0.1, 0.15) is 10.4 Å². The van der Waals surface area contributed by atoms with Crippen LogP contribution in [-0.2, 0) is 0 Å². The lowest BCUT2D eigenvalue weighted by Crippen LogP contribution is -2.05. The Bertz CT molecular complexity index is 854. The third-order valence-electron chi connectivity index (χ3n) is 3.02. The summed E-state index contributed by atoms with van der Waals surface area (Å²) in [6, 6.07) is 11.3. The molecule has 0 aliphatic rings. The van der Waals surface area contributed by atoms with Gasteiger partial charge in [-0.3, -0.25) is 9.78 Å². The van der Waals surface area contributed by atoms with Crippen molar-refractivity contribution < 1.29 is 9.90 Å². The lowest BCUT2D eigenvalue weighted by atomic mass is 10.1. The summed E-state index contributed by atoms with van der Waals surface area (Å²) in [5, 5.41) is 9.30. The number of carboxylic acids is 1. The molecule has 2 heterocycles. The highest BCUT2D eigenvalue weighted by Crippen LogP contribution is 2.17. The van der Waals surface area contributed by atoms with Crippen molar-refractivity contribution in [1.29, 1.82) is 0 Å².